The third-order valence-electron chi connectivity index (χ3n) is 2.91. The van der Waals surface area contributed by atoms with E-state index in [0.29, 0.717) is 9.80 Å². The summed E-state index contributed by atoms with van der Waals surface area (Å²) in [5, 5.41) is 0. The van der Waals surface area contributed by atoms with Crippen LogP contribution in [0.15, 0.2) is 0 Å². The van der Waals surface area contributed by atoms with Crippen LogP contribution in [-0.2, 0) is 9.59 Å². The van der Waals surface area contributed by atoms with Gasteiger partial charge in [0.1, 0.15) is 0 Å². The van der Waals surface area contributed by atoms with Crippen molar-refractivity contribution in [1.29, 1.82) is 0 Å². The fraction of sp³-hybridized carbons (Fsp3) is 0.800. The molecule has 12 heteroatoms. The zero-order valence-electron chi connectivity index (χ0n) is 10.7. The van der Waals surface area contributed by atoms with Crippen molar-refractivity contribution in [3.05, 3.63) is 0 Å². The minimum atomic E-state index is -5.40. The van der Waals surface area contributed by atoms with Crippen molar-refractivity contribution >= 4 is 11.8 Å². The van der Waals surface area contributed by atoms with Crippen molar-refractivity contribution in [1.82, 2.24) is 9.80 Å². The Morgan fingerprint density at radius 2 is 0.909 bits per heavy atom. The summed E-state index contributed by atoms with van der Waals surface area (Å²) in [7, 11) is 0. The summed E-state index contributed by atoms with van der Waals surface area (Å²) in [5.74, 6) is -3.79. The molecule has 0 aromatic carbocycles. The van der Waals surface area contributed by atoms with Crippen LogP contribution in [0.3, 0.4) is 0 Å². The molecule has 0 saturated carbocycles. The fourth-order valence-electron chi connectivity index (χ4n) is 1.75. The molecule has 0 aromatic rings. The molecule has 1 fully saturated rings. The number of nitrogens with zero attached hydrogens (tertiary/aromatic N) is 2. The first kappa shape index (κ1) is 18.4. The second-order valence-electron chi connectivity index (χ2n) is 4.46. The van der Waals surface area contributed by atoms with Gasteiger partial charge in [0.15, 0.2) is 0 Å². The normalized spacial score (nSPS) is 19.8. The summed E-state index contributed by atoms with van der Waals surface area (Å²) in [5.41, 5.74) is 0. The quantitative estimate of drug-likeness (QED) is 0.713. The molecule has 0 aromatic heterocycles. The average molecular weight is 342 g/mol. The van der Waals surface area contributed by atoms with Crippen molar-refractivity contribution in [3.8, 4) is 0 Å². The zero-order chi connectivity index (χ0) is 17.3. The molecule has 0 spiro atoms. The van der Waals surface area contributed by atoms with E-state index in [1.54, 1.807) is 0 Å². The van der Waals surface area contributed by atoms with E-state index in [4.69, 9.17) is 0 Å². The lowest BCUT2D eigenvalue weighted by atomic mass is 10.2. The van der Waals surface area contributed by atoms with Gasteiger partial charge < -0.3 is 9.80 Å². The van der Waals surface area contributed by atoms with E-state index < -0.39 is 62.7 Å². The minimum Gasteiger partial charge on any atom is -0.336 e. The highest BCUT2D eigenvalue weighted by Crippen LogP contribution is 2.26. The van der Waals surface area contributed by atoms with E-state index in [9.17, 15) is 44.7 Å². The summed E-state index contributed by atoms with van der Waals surface area (Å²) >= 11 is 0. The highest BCUT2D eigenvalue weighted by atomic mass is 19.4. The van der Waals surface area contributed by atoms with E-state index in [0.717, 1.165) is 0 Å². The second kappa shape index (κ2) is 6.24. The highest BCUT2D eigenvalue weighted by molar-refractivity contribution is 5.83. The molecule has 0 unspecified atom stereocenters. The van der Waals surface area contributed by atoms with Gasteiger partial charge in [-0.05, 0) is 0 Å². The Bertz CT molecular complexity index is 388. The zero-order valence-corrected chi connectivity index (χ0v) is 10.7. The number of carbonyl (C=O) groups is 2. The number of hydrogen-bond acceptors (Lipinski definition) is 2. The Kier molecular flexibility index (Phi) is 5.23. The number of halogens is 8. The number of rotatable bonds is 2. The maximum absolute atomic E-state index is 12.8. The van der Waals surface area contributed by atoms with Crippen molar-refractivity contribution in [2.24, 2.45) is 0 Å². The summed E-state index contributed by atoms with van der Waals surface area (Å²) in [6, 6.07) is 0. The monoisotopic (exact) mass is 342 g/mol. The molecule has 1 rings (SSSR count). The van der Waals surface area contributed by atoms with E-state index in [1.807, 2.05) is 0 Å². The molecule has 1 aliphatic rings. The SMILES string of the molecule is O=C([C@H](F)C(F)(F)F)N1CCN(C(=O)[C@H](F)C(F)(F)F)CC1. The van der Waals surface area contributed by atoms with Gasteiger partial charge in [-0.25, -0.2) is 8.78 Å². The summed E-state index contributed by atoms with van der Waals surface area (Å²) in [6.45, 7) is -2.48. The lowest BCUT2D eigenvalue weighted by Crippen LogP contribution is -2.56. The van der Waals surface area contributed by atoms with Gasteiger partial charge >= 0.3 is 12.4 Å². The predicted octanol–water partition coefficient (Wildman–Crippen LogP) is 1.46. The van der Waals surface area contributed by atoms with Gasteiger partial charge in [0.2, 0.25) is 0 Å². The van der Waals surface area contributed by atoms with E-state index in [1.165, 1.54) is 0 Å². The molecule has 0 aliphatic carbocycles. The van der Waals surface area contributed by atoms with Gasteiger partial charge in [0, 0.05) is 26.2 Å². The first-order chi connectivity index (χ1) is 9.85. The van der Waals surface area contributed by atoms with Crippen LogP contribution in [0.5, 0.6) is 0 Å². The molecule has 0 bridgehead atoms. The summed E-state index contributed by atoms with van der Waals surface area (Å²) in [4.78, 5) is 23.2. The lowest BCUT2D eigenvalue weighted by molar-refractivity contribution is -0.198. The molecule has 1 aliphatic heterocycles. The Labute approximate surface area is 118 Å². The van der Waals surface area contributed by atoms with E-state index >= 15 is 0 Å². The maximum atomic E-state index is 12.8. The highest BCUT2D eigenvalue weighted by Gasteiger charge is 2.49. The Morgan fingerprint density at radius 3 is 1.09 bits per heavy atom. The van der Waals surface area contributed by atoms with Crippen LogP contribution >= 0.6 is 0 Å². The fourth-order valence-corrected chi connectivity index (χ4v) is 1.75. The molecule has 4 nitrogen and oxygen atoms in total. The van der Waals surface area contributed by atoms with Gasteiger partial charge in [-0.3, -0.25) is 9.59 Å². The molecule has 1 heterocycles. The predicted molar refractivity (Wildman–Crippen MR) is 55.1 cm³/mol. The van der Waals surface area contributed by atoms with E-state index in [-0.39, 0.29) is 0 Å². The van der Waals surface area contributed by atoms with E-state index in [2.05, 4.69) is 0 Å². The number of amides is 2. The van der Waals surface area contributed by atoms with Crippen molar-refractivity contribution in [2.45, 2.75) is 24.7 Å². The lowest BCUT2D eigenvalue weighted by Gasteiger charge is -2.36. The summed E-state index contributed by atoms with van der Waals surface area (Å²) < 4.78 is 97.9. The Morgan fingerprint density at radius 1 is 0.682 bits per heavy atom. The topological polar surface area (TPSA) is 40.6 Å². The van der Waals surface area contributed by atoms with Crippen LogP contribution in [0, 0.1) is 0 Å². The van der Waals surface area contributed by atoms with Crippen molar-refractivity contribution in [2.75, 3.05) is 26.2 Å². The number of alkyl halides is 8. The van der Waals surface area contributed by atoms with Crippen LogP contribution in [0.4, 0.5) is 35.1 Å². The van der Waals surface area contributed by atoms with Crippen LogP contribution in [0.1, 0.15) is 0 Å². The number of piperazine rings is 1. The third-order valence-corrected chi connectivity index (χ3v) is 2.91. The van der Waals surface area contributed by atoms with Gasteiger partial charge in [0.05, 0.1) is 0 Å². The van der Waals surface area contributed by atoms with Gasteiger partial charge in [-0.1, -0.05) is 0 Å². The maximum Gasteiger partial charge on any atom is 0.428 e. The standard InChI is InChI=1S/C10H10F8N2O2/c11-5(9(13,14)15)7(21)19-1-2-20(4-3-19)8(22)6(12)10(16,17)18/h5-6H,1-4H2/t5-,6-/m0/s1. The van der Waals surface area contributed by atoms with Crippen molar-refractivity contribution in [3.63, 3.8) is 0 Å². The Balaban J connectivity index is 2.61. The number of hydrogen-bond donors (Lipinski definition) is 0. The van der Waals surface area contributed by atoms with Crippen LogP contribution in [0.2, 0.25) is 0 Å². The molecule has 2 amide bonds. The second-order valence-corrected chi connectivity index (χ2v) is 4.46. The summed E-state index contributed by atoms with van der Waals surface area (Å²) in [6.07, 6.45) is -18.3. The van der Waals surface area contributed by atoms with Crippen molar-refractivity contribution < 1.29 is 44.7 Å². The third kappa shape index (κ3) is 4.19. The minimum absolute atomic E-state index is 0.419. The molecule has 128 valence electrons. The molecule has 0 N–H and O–H groups in total. The van der Waals surface area contributed by atoms with Gasteiger partial charge in [-0.15, -0.1) is 0 Å². The first-order valence-electron chi connectivity index (χ1n) is 5.85. The largest absolute Gasteiger partial charge is 0.428 e. The molecular weight excluding hydrogens is 332 g/mol. The van der Waals surface area contributed by atoms with Gasteiger partial charge in [0.25, 0.3) is 24.2 Å². The molecule has 22 heavy (non-hydrogen) atoms. The van der Waals surface area contributed by atoms with Crippen LogP contribution < -0.4 is 0 Å². The molecule has 0 radical (unpaired) electrons. The molecule has 2 atom stereocenters. The smallest absolute Gasteiger partial charge is 0.336 e. The Hall–Kier alpha value is -1.62. The molecule has 1 saturated heterocycles. The average Bonchev–Trinajstić information content (AvgIpc) is 2.42. The van der Waals surface area contributed by atoms with Crippen LogP contribution in [-0.4, -0.2) is 72.5 Å². The first-order valence-corrected chi connectivity index (χ1v) is 5.85. The van der Waals surface area contributed by atoms with Crippen LogP contribution in [0.25, 0.3) is 0 Å². The van der Waals surface area contributed by atoms with Gasteiger partial charge in [-0.2, -0.15) is 26.3 Å². The molecular formula is C10H10F8N2O2. The number of carbonyl (C=O) groups excluding carboxylic acids is 2.